The molecule has 0 aliphatic rings. The summed E-state index contributed by atoms with van der Waals surface area (Å²) in [5, 5.41) is 20.5. The van der Waals surface area contributed by atoms with Crippen LogP contribution in [-0.4, -0.2) is 17.6 Å². The molecular weight excluding hydrogens is 228 g/mol. The minimum atomic E-state index is -0.741. The second-order valence-electron chi connectivity index (χ2n) is 4.26. The van der Waals surface area contributed by atoms with E-state index in [1.165, 1.54) is 0 Å². The maximum atomic E-state index is 10.3. The molecule has 18 heavy (non-hydrogen) atoms. The van der Waals surface area contributed by atoms with E-state index in [0.29, 0.717) is 12.0 Å². The molecule has 0 heterocycles. The van der Waals surface area contributed by atoms with Gasteiger partial charge in [0.25, 0.3) is 0 Å². The number of hydrogen-bond acceptors (Lipinski definition) is 3. The van der Waals surface area contributed by atoms with Crippen molar-refractivity contribution in [2.24, 2.45) is 0 Å². The highest BCUT2D eigenvalue weighted by Gasteiger charge is 2.04. The molecule has 0 saturated heterocycles. The Morgan fingerprint density at radius 2 is 2.06 bits per heavy atom. The number of nitrogens with zero attached hydrogens (tertiary/aromatic N) is 1. The fourth-order valence-corrected chi connectivity index (χ4v) is 1.68. The summed E-state index contributed by atoms with van der Waals surface area (Å²) in [5.41, 5.74) is 1.79. The Labute approximate surface area is 107 Å². The van der Waals surface area contributed by atoms with E-state index in [-0.39, 0.29) is 12.5 Å². The molecule has 0 bridgehead atoms. The van der Waals surface area contributed by atoms with E-state index >= 15 is 0 Å². The molecule has 0 fully saturated rings. The van der Waals surface area contributed by atoms with Crippen LogP contribution in [0.2, 0.25) is 0 Å². The van der Waals surface area contributed by atoms with Crippen molar-refractivity contribution in [3.8, 4) is 6.07 Å². The van der Waals surface area contributed by atoms with Crippen LogP contribution in [0.4, 0.5) is 0 Å². The van der Waals surface area contributed by atoms with E-state index in [2.05, 4.69) is 18.3 Å². The van der Waals surface area contributed by atoms with Gasteiger partial charge in [0.05, 0.1) is 11.6 Å². The quantitative estimate of drug-likeness (QED) is 0.725. The molecule has 1 rings (SSSR count). The smallest absolute Gasteiger partial charge is 0.303 e. The first-order valence-electron chi connectivity index (χ1n) is 6.08. The van der Waals surface area contributed by atoms with Gasteiger partial charge in [0.15, 0.2) is 0 Å². The van der Waals surface area contributed by atoms with E-state index in [9.17, 15) is 4.79 Å². The van der Waals surface area contributed by atoms with Crippen LogP contribution in [0, 0.1) is 11.3 Å². The van der Waals surface area contributed by atoms with Gasteiger partial charge in [-0.1, -0.05) is 12.1 Å². The van der Waals surface area contributed by atoms with Crippen molar-refractivity contribution in [1.82, 2.24) is 5.32 Å². The molecule has 0 saturated carbocycles. The predicted octanol–water partition coefficient (Wildman–Crippen LogP) is 2.46. The number of rotatable bonds is 7. The number of benzene rings is 1. The summed E-state index contributed by atoms with van der Waals surface area (Å²) < 4.78 is 0. The fraction of sp³-hybridized carbons (Fsp3) is 0.429. The van der Waals surface area contributed by atoms with Crippen LogP contribution >= 0.6 is 0 Å². The Hall–Kier alpha value is -1.86. The molecule has 1 atom stereocenters. The topological polar surface area (TPSA) is 73.1 Å². The van der Waals surface area contributed by atoms with E-state index in [1.807, 2.05) is 12.1 Å². The second-order valence-corrected chi connectivity index (χ2v) is 4.26. The third-order valence-corrected chi connectivity index (χ3v) is 2.81. The zero-order valence-electron chi connectivity index (χ0n) is 10.5. The monoisotopic (exact) mass is 246 g/mol. The number of carboxylic acid groups (broad SMARTS) is 1. The van der Waals surface area contributed by atoms with Crippen LogP contribution in [0.3, 0.4) is 0 Å². The van der Waals surface area contributed by atoms with E-state index in [4.69, 9.17) is 10.4 Å². The SMILES string of the molecule is CC(NCCCCC(=O)O)c1ccc(C#N)cc1. The van der Waals surface area contributed by atoms with Crippen LogP contribution in [0.1, 0.15) is 43.4 Å². The molecule has 0 amide bonds. The molecule has 0 spiro atoms. The first-order chi connectivity index (χ1) is 8.63. The molecule has 96 valence electrons. The Balaban J connectivity index is 2.29. The third kappa shape index (κ3) is 4.98. The number of aliphatic carboxylic acids is 1. The van der Waals surface area contributed by atoms with Crippen LogP contribution < -0.4 is 5.32 Å². The van der Waals surface area contributed by atoms with Crippen molar-refractivity contribution in [3.63, 3.8) is 0 Å². The summed E-state index contributed by atoms with van der Waals surface area (Å²) in [6, 6.07) is 9.78. The summed E-state index contributed by atoms with van der Waals surface area (Å²) >= 11 is 0. The summed E-state index contributed by atoms with van der Waals surface area (Å²) in [6.07, 6.45) is 1.78. The molecule has 0 radical (unpaired) electrons. The normalized spacial score (nSPS) is 11.8. The predicted molar refractivity (Wildman–Crippen MR) is 69.1 cm³/mol. The lowest BCUT2D eigenvalue weighted by atomic mass is 10.1. The van der Waals surface area contributed by atoms with Gasteiger partial charge in [-0.15, -0.1) is 0 Å². The largest absolute Gasteiger partial charge is 0.481 e. The molecule has 1 aromatic rings. The Morgan fingerprint density at radius 1 is 1.39 bits per heavy atom. The number of carboxylic acids is 1. The van der Waals surface area contributed by atoms with Crippen molar-refractivity contribution in [3.05, 3.63) is 35.4 Å². The number of nitriles is 1. The number of nitrogens with one attached hydrogen (secondary N) is 1. The van der Waals surface area contributed by atoms with Crippen LogP contribution in [0.25, 0.3) is 0 Å². The van der Waals surface area contributed by atoms with Crippen molar-refractivity contribution in [2.45, 2.75) is 32.2 Å². The minimum absolute atomic E-state index is 0.211. The number of unbranched alkanes of at least 4 members (excludes halogenated alkanes) is 1. The standard InChI is InChI=1S/C14H18N2O2/c1-11(16-9-3-2-4-14(17)18)13-7-5-12(10-15)6-8-13/h5-8,11,16H,2-4,9H2,1H3,(H,17,18). The molecule has 0 aliphatic carbocycles. The second kappa shape index (κ2) is 7.46. The van der Waals surface area contributed by atoms with Gasteiger partial charge in [0.1, 0.15) is 0 Å². The zero-order chi connectivity index (χ0) is 13.4. The van der Waals surface area contributed by atoms with Gasteiger partial charge in [-0.05, 0) is 44.0 Å². The molecule has 0 aliphatic heterocycles. The van der Waals surface area contributed by atoms with Gasteiger partial charge in [-0.25, -0.2) is 0 Å². The van der Waals surface area contributed by atoms with E-state index < -0.39 is 5.97 Å². The highest BCUT2D eigenvalue weighted by atomic mass is 16.4. The van der Waals surface area contributed by atoms with Crippen molar-refractivity contribution in [2.75, 3.05) is 6.54 Å². The zero-order valence-corrected chi connectivity index (χ0v) is 10.5. The maximum Gasteiger partial charge on any atom is 0.303 e. The van der Waals surface area contributed by atoms with Gasteiger partial charge in [0, 0.05) is 12.5 Å². The summed E-state index contributed by atoms with van der Waals surface area (Å²) in [5.74, 6) is -0.741. The number of carbonyl (C=O) groups is 1. The van der Waals surface area contributed by atoms with Crippen LogP contribution in [0.5, 0.6) is 0 Å². The lowest BCUT2D eigenvalue weighted by molar-refractivity contribution is -0.137. The van der Waals surface area contributed by atoms with E-state index in [1.54, 1.807) is 12.1 Å². The molecule has 2 N–H and O–H groups in total. The molecule has 4 nitrogen and oxygen atoms in total. The Kier molecular flexibility index (Phi) is 5.89. The average molecular weight is 246 g/mol. The first-order valence-corrected chi connectivity index (χ1v) is 6.08. The Morgan fingerprint density at radius 3 is 2.61 bits per heavy atom. The fourth-order valence-electron chi connectivity index (χ4n) is 1.68. The van der Waals surface area contributed by atoms with Gasteiger partial charge < -0.3 is 10.4 Å². The van der Waals surface area contributed by atoms with Crippen LogP contribution in [-0.2, 0) is 4.79 Å². The molecule has 0 aromatic heterocycles. The highest BCUT2D eigenvalue weighted by Crippen LogP contribution is 2.13. The third-order valence-electron chi connectivity index (χ3n) is 2.81. The van der Waals surface area contributed by atoms with E-state index in [0.717, 1.165) is 18.5 Å². The molecular formula is C14H18N2O2. The highest BCUT2D eigenvalue weighted by molar-refractivity contribution is 5.66. The summed E-state index contributed by atoms with van der Waals surface area (Å²) in [4.78, 5) is 10.3. The van der Waals surface area contributed by atoms with Crippen molar-refractivity contribution < 1.29 is 9.90 Å². The summed E-state index contributed by atoms with van der Waals surface area (Å²) in [6.45, 7) is 2.85. The lowest BCUT2D eigenvalue weighted by Crippen LogP contribution is -2.20. The van der Waals surface area contributed by atoms with Gasteiger partial charge in [-0.2, -0.15) is 5.26 Å². The summed E-state index contributed by atoms with van der Waals surface area (Å²) in [7, 11) is 0. The lowest BCUT2D eigenvalue weighted by Gasteiger charge is -2.14. The molecule has 1 unspecified atom stereocenters. The average Bonchev–Trinajstić information content (AvgIpc) is 2.38. The first kappa shape index (κ1) is 14.2. The van der Waals surface area contributed by atoms with Gasteiger partial charge >= 0.3 is 5.97 Å². The number of hydrogen-bond donors (Lipinski definition) is 2. The van der Waals surface area contributed by atoms with Crippen LogP contribution in [0.15, 0.2) is 24.3 Å². The van der Waals surface area contributed by atoms with Crippen molar-refractivity contribution >= 4 is 5.97 Å². The Bertz CT molecular complexity index is 420. The molecule has 4 heteroatoms. The minimum Gasteiger partial charge on any atom is -0.481 e. The molecule has 1 aromatic carbocycles. The maximum absolute atomic E-state index is 10.3. The van der Waals surface area contributed by atoms with Gasteiger partial charge in [-0.3, -0.25) is 4.79 Å². The van der Waals surface area contributed by atoms with Gasteiger partial charge in [0.2, 0.25) is 0 Å². The van der Waals surface area contributed by atoms with Crippen molar-refractivity contribution in [1.29, 1.82) is 5.26 Å².